The van der Waals surface area contributed by atoms with Gasteiger partial charge in [-0.25, -0.2) is 4.68 Å². The van der Waals surface area contributed by atoms with E-state index in [1.807, 2.05) is 33.0 Å². The average Bonchev–Trinajstić information content (AvgIpc) is 2.71. The van der Waals surface area contributed by atoms with Crippen LogP contribution in [-0.4, -0.2) is 16.8 Å². The zero-order valence-corrected chi connectivity index (χ0v) is 11.0. The van der Waals surface area contributed by atoms with Crippen LogP contribution in [-0.2, 0) is 13.1 Å². The number of hydrogen-bond acceptors (Lipinski definition) is 2. The number of hydrogen-bond donors (Lipinski definition) is 1. The van der Waals surface area contributed by atoms with E-state index < -0.39 is 0 Å². The lowest BCUT2D eigenvalue weighted by Gasteiger charge is -2.07. The van der Waals surface area contributed by atoms with E-state index in [0.29, 0.717) is 12.1 Å². The average molecular weight is 247 g/mol. The molecule has 4 heteroatoms. The van der Waals surface area contributed by atoms with Gasteiger partial charge in [-0.3, -0.25) is 0 Å². The van der Waals surface area contributed by atoms with Gasteiger partial charge < -0.3 is 5.32 Å². The number of rotatable bonds is 4. The van der Waals surface area contributed by atoms with Crippen LogP contribution in [0.1, 0.15) is 18.1 Å². The Hall–Kier alpha value is -1.68. The van der Waals surface area contributed by atoms with Gasteiger partial charge in [0.05, 0.1) is 11.8 Å². The first-order chi connectivity index (χ1) is 8.67. The second-order valence-electron chi connectivity index (χ2n) is 4.34. The maximum absolute atomic E-state index is 14.0. The minimum absolute atomic E-state index is 0.262. The van der Waals surface area contributed by atoms with Crippen LogP contribution in [0.2, 0.25) is 0 Å². The molecule has 0 fully saturated rings. The summed E-state index contributed by atoms with van der Waals surface area (Å²) in [5.74, 6) is -0.262. The van der Waals surface area contributed by atoms with Gasteiger partial charge in [0.15, 0.2) is 0 Å². The summed E-state index contributed by atoms with van der Waals surface area (Å²) < 4.78 is 15.4. The quantitative estimate of drug-likeness (QED) is 0.900. The van der Waals surface area contributed by atoms with Crippen molar-refractivity contribution in [1.82, 2.24) is 15.1 Å². The number of halogens is 1. The Kier molecular flexibility index (Phi) is 3.77. The van der Waals surface area contributed by atoms with Crippen molar-refractivity contribution in [3.63, 3.8) is 0 Å². The van der Waals surface area contributed by atoms with Crippen molar-refractivity contribution in [2.75, 3.05) is 7.05 Å². The minimum Gasteiger partial charge on any atom is -0.316 e. The third-order valence-corrected chi connectivity index (χ3v) is 3.04. The molecule has 0 aliphatic heterocycles. The van der Waals surface area contributed by atoms with E-state index in [4.69, 9.17) is 0 Å². The first kappa shape index (κ1) is 12.8. The zero-order chi connectivity index (χ0) is 13.1. The van der Waals surface area contributed by atoms with Crippen molar-refractivity contribution in [3.8, 4) is 11.1 Å². The number of nitrogens with zero attached hydrogens (tertiary/aromatic N) is 2. The van der Waals surface area contributed by atoms with Gasteiger partial charge in [-0.05, 0) is 37.6 Å². The summed E-state index contributed by atoms with van der Waals surface area (Å²) in [5, 5.41) is 7.14. The number of aryl methyl sites for hydroxylation is 2. The van der Waals surface area contributed by atoms with Crippen LogP contribution in [0.3, 0.4) is 0 Å². The van der Waals surface area contributed by atoms with Crippen LogP contribution in [0.4, 0.5) is 4.39 Å². The van der Waals surface area contributed by atoms with E-state index in [-0.39, 0.29) is 5.95 Å². The van der Waals surface area contributed by atoms with Crippen LogP contribution in [0.15, 0.2) is 24.4 Å². The van der Waals surface area contributed by atoms with E-state index in [1.54, 1.807) is 6.20 Å². The molecule has 0 atom stereocenters. The Bertz CT molecular complexity index is 546. The molecule has 2 aromatic rings. The summed E-state index contributed by atoms with van der Waals surface area (Å²) in [6.07, 6.45) is 1.60. The first-order valence-corrected chi connectivity index (χ1v) is 6.13. The number of aromatic nitrogens is 2. The molecule has 3 nitrogen and oxygen atoms in total. The fraction of sp³-hybridized carbons (Fsp3) is 0.357. The molecule has 1 heterocycles. The van der Waals surface area contributed by atoms with Gasteiger partial charge in [-0.1, -0.05) is 18.2 Å². The SMILES string of the molecule is CCn1ncc(-c2ccc(CNC)cc2C)c1F. The molecule has 1 N–H and O–H groups in total. The van der Waals surface area contributed by atoms with E-state index in [1.165, 1.54) is 10.2 Å². The summed E-state index contributed by atoms with van der Waals surface area (Å²) in [6.45, 7) is 5.24. The summed E-state index contributed by atoms with van der Waals surface area (Å²) >= 11 is 0. The van der Waals surface area contributed by atoms with E-state index in [9.17, 15) is 4.39 Å². The molecule has 0 unspecified atom stereocenters. The standard InChI is InChI=1S/C14H18FN3/c1-4-18-14(15)13(9-17-18)12-6-5-11(8-16-3)7-10(12)2/h5-7,9,16H,4,8H2,1-3H3. The van der Waals surface area contributed by atoms with Crippen molar-refractivity contribution in [3.05, 3.63) is 41.5 Å². The van der Waals surface area contributed by atoms with E-state index in [2.05, 4.69) is 16.5 Å². The first-order valence-electron chi connectivity index (χ1n) is 6.13. The van der Waals surface area contributed by atoms with Crippen LogP contribution in [0.25, 0.3) is 11.1 Å². The lowest BCUT2D eigenvalue weighted by Crippen LogP contribution is -2.05. The van der Waals surface area contributed by atoms with Crippen molar-refractivity contribution in [2.45, 2.75) is 26.9 Å². The summed E-state index contributed by atoms with van der Waals surface area (Å²) in [4.78, 5) is 0. The van der Waals surface area contributed by atoms with Gasteiger partial charge in [-0.2, -0.15) is 9.49 Å². The largest absolute Gasteiger partial charge is 0.316 e. The number of nitrogens with one attached hydrogen (secondary N) is 1. The van der Waals surface area contributed by atoms with Gasteiger partial charge >= 0.3 is 0 Å². The third kappa shape index (κ3) is 2.29. The Labute approximate surface area is 107 Å². The molecule has 1 aromatic heterocycles. The molecule has 0 saturated heterocycles. The van der Waals surface area contributed by atoms with Gasteiger partial charge in [0.2, 0.25) is 5.95 Å². The Morgan fingerprint density at radius 1 is 1.33 bits per heavy atom. The molecule has 96 valence electrons. The molecule has 1 aromatic carbocycles. The second kappa shape index (κ2) is 5.31. The lowest BCUT2D eigenvalue weighted by molar-refractivity contribution is 0.473. The maximum atomic E-state index is 14.0. The van der Waals surface area contributed by atoms with Gasteiger partial charge in [0.25, 0.3) is 0 Å². The third-order valence-electron chi connectivity index (χ3n) is 3.04. The fourth-order valence-corrected chi connectivity index (χ4v) is 2.11. The minimum atomic E-state index is -0.262. The van der Waals surface area contributed by atoms with Crippen LogP contribution in [0, 0.1) is 12.9 Å². The molecule has 18 heavy (non-hydrogen) atoms. The predicted molar refractivity (Wildman–Crippen MR) is 70.8 cm³/mol. The van der Waals surface area contributed by atoms with Gasteiger partial charge in [-0.15, -0.1) is 0 Å². The molecule has 0 saturated carbocycles. The molecule has 0 bridgehead atoms. The molecule has 0 aliphatic rings. The summed E-state index contributed by atoms with van der Waals surface area (Å²) in [7, 11) is 1.91. The summed E-state index contributed by atoms with van der Waals surface area (Å²) in [5.41, 5.74) is 3.75. The van der Waals surface area contributed by atoms with Crippen LogP contribution in [0.5, 0.6) is 0 Å². The molecular formula is C14H18FN3. The molecule has 0 aliphatic carbocycles. The van der Waals surface area contributed by atoms with Crippen LogP contribution < -0.4 is 5.32 Å². The fourth-order valence-electron chi connectivity index (χ4n) is 2.11. The van der Waals surface area contributed by atoms with Crippen molar-refractivity contribution >= 4 is 0 Å². The predicted octanol–water partition coefficient (Wildman–Crippen LogP) is 2.74. The zero-order valence-electron chi connectivity index (χ0n) is 11.0. The Morgan fingerprint density at radius 2 is 2.11 bits per heavy atom. The lowest BCUT2D eigenvalue weighted by atomic mass is 10.0. The van der Waals surface area contributed by atoms with E-state index in [0.717, 1.165) is 17.7 Å². The Balaban J connectivity index is 2.41. The van der Waals surface area contributed by atoms with Gasteiger partial charge in [0, 0.05) is 13.1 Å². The molecule has 0 spiro atoms. The maximum Gasteiger partial charge on any atom is 0.219 e. The van der Waals surface area contributed by atoms with Crippen molar-refractivity contribution in [2.24, 2.45) is 0 Å². The summed E-state index contributed by atoms with van der Waals surface area (Å²) in [6, 6.07) is 6.05. The van der Waals surface area contributed by atoms with E-state index >= 15 is 0 Å². The highest BCUT2D eigenvalue weighted by molar-refractivity contribution is 5.66. The molecule has 0 radical (unpaired) electrons. The second-order valence-corrected chi connectivity index (χ2v) is 4.34. The number of benzene rings is 1. The Morgan fingerprint density at radius 3 is 2.67 bits per heavy atom. The van der Waals surface area contributed by atoms with Crippen LogP contribution >= 0.6 is 0 Å². The smallest absolute Gasteiger partial charge is 0.219 e. The molecule has 2 rings (SSSR count). The monoisotopic (exact) mass is 247 g/mol. The van der Waals surface area contributed by atoms with Crippen molar-refractivity contribution < 1.29 is 4.39 Å². The molecule has 0 amide bonds. The highest BCUT2D eigenvalue weighted by atomic mass is 19.1. The van der Waals surface area contributed by atoms with Gasteiger partial charge in [0.1, 0.15) is 0 Å². The normalized spacial score (nSPS) is 10.9. The highest BCUT2D eigenvalue weighted by Crippen LogP contribution is 2.26. The van der Waals surface area contributed by atoms with Crippen molar-refractivity contribution in [1.29, 1.82) is 0 Å². The molecular weight excluding hydrogens is 229 g/mol. The topological polar surface area (TPSA) is 29.9 Å². The highest BCUT2D eigenvalue weighted by Gasteiger charge is 2.13.